The third-order valence-corrected chi connectivity index (χ3v) is 11.8. The third kappa shape index (κ3) is 4.07. The average Bonchev–Trinajstić information content (AvgIpc) is 3.77. The molecule has 3 heteroatoms. The minimum absolute atomic E-state index is 0.0163. The summed E-state index contributed by atoms with van der Waals surface area (Å²) in [6, 6.07) is 46.0. The highest BCUT2D eigenvalue weighted by molar-refractivity contribution is 6.10. The van der Waals surface area contributed by atoms with Crippen molar-refractivity contribution >= 4 is 33.2 Å². The van der Waals surface area contributed by atoms with E-state index < -0.39 is 0 Å². The standard InChI is InChI=1S/C47H38N2O/c1-46(2)38-20-12-10-18-34(38)36-24-22-31(27-40(36)46)49(32-23-25-37-35-19-11-13-21-39(35)47(3,4)41(37)28-32)42-26-30-16-8-9-17-33(30)44-43(42)48-45(50-44)29-14-6-5-7-15-29/h5-28,36,40H,1-4H3. The molecule has 1 heterocycles. The minimum Gasteiger partial charge on any atom is -0.435 e. The maximum atomic E-state index is 6.70. The first-order valence-electron chi connectivity index (χ1n) is 17.7. The molecule has 0 spiro atoms. The lowest BCUT2D eigenvalue weighted by Gasteiger charge is -2.35. The van der Waals surface area contributed by atoms with Crippen molar-refractivity contribution in [3.05, 3.63) is 174 Å². The lowest BCUT2D eigenvalue weighted by atomic mass is 9.74. The van der Waals surface area contributed by atoms with Crippen molar-refractivity contribution in [2.75, 3.05) is 4.90 Å². The fourth-order valence-corrected chi connectivity index (χ4v) is 9.18. The van der Waals surface area contributed by atoms with Crippen LogP contribution in [-0.2, 0) is 10.8 Å². The number of aromatic nitrogens is 1. The van der Waals surface area contributed by atoms with E-state index in [0.29, 0.717) is 17.7 Å². The van der Waals surface area contributed by atoms with E-state index in [1.54, 1.807) is 0 Å². The summed E-state index contributed by atoms with van der Waals surface area (Å²) < 4.78 is 6.70. The number of oxazole rings is 1. The molecule has 2 unspecified atom stereocenters. The number of rotatable bonds is 4. The molecule has 3 nitrogen and oxygen atoms in total. The molecule has 7 aromatic rings. The molecule has 0 saturated heterocycles. The molecule has 0 saturated carbocycles. The van der Waals surface area contributed by atoms with Crippen molar-refractivity contribution < 1.29 is 4.42 Å². The van der Waals surface area contributed by atoms with Gasteiger partial charge in [0.1, 0.15) is 5.52 Å². The molecule has 3 aliphatic rings. The van der Waals surface area contributed by atoms with Crippen LogP contribution in [0.1, 0.15) is 55.9 Å². The van der Waals surface area contributed by atoms with Gasteiger partial charge in [0.25, 0.3) is 0 Å². The molecule has 3 aliphatic carbocycles. The Morgan fingerprint density at radius 1 is 0.680 bits per heavy atom. The summed E-state index contributed by atoms with van der Waals surface area (Å²) >= 11 is 0. The van der Waals surface area contributed by atoms with Crippen molar-refractivity contribution in [1.82, 2.24) is 4.98 Å². The number of benzene rings is 6. The van der Waals surface area contributed by atoms with Gasteiger partial charge in [-0.25, -0.2) is 4.98 Å². The first kappa shape index (κ1) is 29.3. The number of anilines is 2. The summed E-state index contributed by atoms with van der Waals surface area (Å²) in [4.78, 5) is 7.72. The van der Waals surface area contributed by atoms with Gasteiger partial charge in [-0.05, 0) is 86.5 Å². The van der Waals surface area contributed by atoms with E-state index >= 15 is 0 Å². The van der Waals surface area contributed by atoms with Gasteiger partial charge in [0.15, 0.2) is 5.58 Å². The molecule has 2 atom stereocenters. The molecule has 0 bridgehead atoms. The second kappa shape index (κ2) is 10.4. The molecule has 50 heavy (non-hydrogen) atoms. The van der Waals surface area contributed by atoms with Crippen molar-refractivity contribution in [2.24, 2.45) is 5.92 Å². The van der Waals surface area contributed by atoms with Crippen LogP contribution in [0, 0.1) is 5.92 Å². The number of nitrogens with zero attached hydrogens (tertiary/aromatic N) is 2. The van der Waals surface area contributed by atoms with Crippen LogP contribution < -0.4 is 4.90 Å². The maximum absolute atomic E-state index is 6.70. The summed E-state index contributed by atoms with van der Waals surface area (Å²) in [5, 5.41) is 2.18. The predicted molar refractivity (Wildman–Crippen MR) is 206 cm³/mol. The molecular weight excluding hydrogens is 609 g/mol. The largest absolute Gasteiger partial charge is 0.435 e. The lowest BCUT2D eigenvalue weighted by molar-refractivity contribution is 0.392. The van der Waals surface area contributed by atoms with Crippen molar-refractivity contribution in [3.8, 4) is 22.6 Å². The van der Waals surface area contributed by atoms with E-state index in [1.165, 1.54) is 33.4 Å². The highest BCUT2D eigenvalue weighted by Gasteiger charge is 2.45. The van der Waals surface area contributed by atoms with Crippen molar-refractivity contribution in [2.45, 2.75) is 44.4 Å². The van der Waals surface area contributed by atoms with Gasteiger partial charge < -0.3 is 9.32 Å². The van der Waals surface area contributed by atoms with E-state index in [1.807, 2.05) is 18.2 Å². The first-order chi connectivity index (χ1) is 24.3. The van der Waals surface area contributed by atoms with Crippen LogP contribution in [0.5, 0.6) is 0 Å². The molecule has 0 aliphatic heterocycles. The summed E-state index contributed by atoms with van der Waals surface area (Å²) in [5.41, 5.74) is 14.0. The van der Waals surface area contributed by atoms with Crippen LogP contribution in [0.15, 0.2) is 156 Å². The van der Waals surface area contributed by atoms with E-state index in [-0.39, 0.29) is 10.8 Å². The minimum atomic E-state index is -0.127. The smallest absolute Gasteiger partial charge is 0.227 e. The average molecular weight is 647 g/mol. The van der Waals surface area contributed by atoms with Crippen molar-refractivity contribution in [3.63, 3.8) is 0 Å². The zero-order valence-electron chi connectivity index (χ0n) is 28.8. The highest BCUT2D eigenvalue weighted by atomic mass is 16.3. The Kier molecular flexibility index (Phi) is 6.10. The molecule has 242 valence electrons. The van der Waals surface area contributed by atoms with Crippen LogP contribution in [0.2, 0.25) is 0 Å². The predicted octanol–water partition coefficient (Wildman–Crippen LogP) is 12.2. The van der Waals surface area contributed by atoms with E-state index in [4.69, 9.17) is 9.40 Å². The van der Waals surface area contributed by atoms with E-state index in [0.717, 1.165) is 44.5 Å². The molecule has 0 radical (unpaired) electrons. The quantitative estimate of drug-likeness (QED) is 0.191. The Hall–Kier alpha value is -5.67. The normalized spacial score (nSPS) is 19.2. The van der Waals surface area contributed by atoms with Gasteiger partial charge in [-0.15, -0.1) is 0 Å². The Labute approximate surface area is 293 Å². The SMILES string of the molecule is CC1(C)c2ccccc2-c2ccc(N(C3=CC4C(C=C3)c3ccccc3C4(C)C)c3cc4ccccc4c4oc(-c5ccccc5)nc34)cc21. The van der Waals surface area contributed by atoms with Gasteiger partial charge in [-0.2, -0.15) is 0 Å². The Morgan fingerprint density at radius 3 is 2.26 bits per heavy atom. The highest BCUT2D eigenvalue weighted by Crippen LogP contribution is 2.55. The summed E-state index contributed by atoms with van der Waals surface area (Å²) in [5.74, 6) is 1.28. The van der Waals surface area contributed by atoms with Crippen LogP contribution >= 0.6 is 0 Å². The zero-order chi connectivity index (χ0) is 33.8. The first-order valence-corrected chi connectivity index (χ1v) is 17.7. The van der Waals surface area contributed by atoms with Gasteiger partial charge in [0, 0.05) is 33.7 Å². The van der Waals surface area contributed by atoms with Gasteiger partial charge in [0.2, 0.25) is 5.89 Å². The number of fused-ring (bicyclic) bond motifs is 9. The fourth-order valence-electron chi connectivity index (χ4n) is 9.18. The molecule has 0 N–H and O–H groups in total. The second-order valence-electron chi connectivity index (χ2n) is 15.2. The third-order valence-electron chi connectivity index (χ3n) is 11.8. The Morgan fingerprint density at radius 2 is 1.40 bits per heavy atom. The van der Waals surface area contributed by atoms with Crippen molar-refractivity contribution in [1.29, 1.82) is 0 Å². The number of hydrogen-bond donors (Lipinski definition) is 0. The maximum Gasteiger partial charge on any atom is 0.227 e. The fraction of sp³-hybridized carbons (Fsp3) is 0.170. The van der Waals surface area contributed by atoms with E-state index in [9.17, 15) is 0 Å². The van der Waals surface area contributed by atoms with Gasteiger partial charge in [-0.1, -0.05) is 137 Å². The van der Waals surface area contributed by atoms with Gasteiger partial charge in [0.05, 0.1) is 5.69 Å². The molecule has 0 amide bonds. The Balaban J connectivity index is 1.23. The second-order valence-corrected chi connectivity index (χ2v) is 15.2. The monoisotopic (exact) mass is 646 g/mol. The van der Waals surface area contributed by atoms with E-state index in [2.05, 4.69) is 160 Å². The molecule has 10 rings (SSSR count). The lowest BCUT2D eigenvalue weighted by Crippen LogP contribution is -2.28. The van der Waals surface area contributed by atoms with Crippen LogP contribution in [0.3, 0.4) is 0 Å². The van der Waals surface area contributed by atoms with Gasteiger partial charge in [-0.3, -0.25) is 0 Å². The molecular formula is C47H38N2O. The summed E-state index contributed by atoms with van der Waals surface area (Å²) in [6.07, 6.45) is 7.30. The molecule has 0 fully saturated rings. The zero-order valence-corrected chi connectivity index (χ0v) is 28.8. The number of allylic oxidation sites excluding steroid dienone is 3. The molecule has 1 aromatic heterocycles. The van der Waals surface area contributed by atoms with Crippen LogP contribution in [-0.4, -0.2) is 4.98 Å². The summed E-state index contributed by atoms with van der Waals surface area (Å²) in [6.45, 7) is 9.52. The topological polar surface area (TPSA) is 29.3 Å². The van der Waals surface area contributed by atoms with Crippen LogP contribution in [0.4, 0.5) is 11.4 Å². The Bertz CT molecular complexity index is 2570. The number of hydrogen-bond acceptors (Lipinski definition) is 3. The summed E-state index contributed by atoms with van der Waals surface area (Å²) in [7, 11) is 0. The molecule has 6 aromatic carbocycles. The van der Waals surface area contributed by atoms with Gasteiger partial charge >= 0.3 is 0 Å². The van der Waals surface area contributed by atoms with Crippen LogP contribution in [0.25, 0.3) is 44.5 Å².